The molecule has 0 bridgehead atoms. The first-order valence-electron chi connectivity index (χ1n) is 8.60. The summed E-state index contributed by atoms with van der Waals surface area (Å²) in [6.45, 7) is 6.26. The molecule has 2 fully saturated rings. The Hall–Kier alpha value is -0.000000000000000111. The maximum absolute atomic E-state index is 10.7. The van der Waals surface area contributed by atoms with Crippen LogP contribution >= 0.6 is 40.7 Å². The van der Waals surface area contributed by atoms with Crippen LogP contribution in [0.5, 0.6) is 5.75 Å². The Balaban J connectivity index is 0.00000144. The average Bonchev–Trinajstić information content (AvgIpc) is 2.54. The van der Waals surface area contributed by atoms with Gasteiger partial charge in [0, 0.05) is 42.3 Å². The van der Waals surface area contributed by atoms with Gasteiger partial charge in [-0.25, -0.2) is 0 Å². The number of nitrogens with one attached hydrogen (secondary N) is 1. The van der Waals surface area contributed by atoms with Crippen molar-refractivity contribution in [2.75, 3.05) is 26.2 Å². The van der Waals surface area contributed by atoms with Gasteiger partial charge in [0.25, 0.3) is 0 Å². The molecule has 138 valence electrons. The number of rotatable bonds is 3. The summed E-state index contributed by atoms with van der Waals surface area (Å²) in [5, 5.41) is 14.1. The van der Waals surface area contributed by atoms with Crippen molar-refractivity contribution in [3.63, 3.8) is 0 Å². The van der Waals surface area contributed by atoms with Crippen molar-refractivity contribution >= 4 is 40.7 Å². The minimum atomic E-state index is 0. The summed E-state index contributed by atoms with van der Waals surface area (Å²) in [5.74, 6) is 1.17. The highest BCUT2D eigenvalue weighted by atomic mass is 79.9. The molecule has 0 amide bonds. The smallest absolute Gasteiger partial charge is 0.123 e. The lowest BCUT2D eigenvalue weighted by molar-refractivity contribution is 0.101. The minimum Gasteiger partial charge on any atom is -0.507 e. The largest absolute Gasteiger partial charge is 0.507 e. The lowest BCUT2D eigenvalue weighted by Gasteiger charge is -2.41. The number of hydrogen-bond donors (Lipinski definition) is 2. The molecule has 1 saturated heterocycles. The second-order valence-corrected chi connectivity index (χ2v) is 7.71. The lowest BCUT2D eigenvalue weighted by Crippen LogP contribution is -2.47. The van der Waals surface area contributed by atoms with Crippen LogP contribution in [0.15, 0.2) is 16.6 Å². The molecule has 2 aliphatic rings. The van der Waals surface area contributed by atoms with Crippen LogP contribution in [0.25, 0.3) is 0 Å². The van der Waals surface area contributed by atoms with Crippen LogP contribution in [0.4, 0.5) is 0 Å². The maximum Gasteiger partial charge on any atom is 0.123 e. The maximum atomic E-state index is 10.7. The topological polar surface area (TPSA) is 35.5 Å². The number of piperazine rings is 1. The van der Waals surface area contributed by atoms with E-state index in [0.29, 0.717) is 17.7 Å². The summed E-state index contributed by atoms with van der Waals surface area (Å²) < 4.78 is 1.08. The Labute approximate surface area is 166 Å². The molecule has 1 heterocycles. The van der Waals surface area contributed by atoms with Crippen LogP contribution in [0, 0.1) is 12.8 Å². The number of halogens is 3. The zero-order chi connectivity index (χ0) is 15.5. The summed E-state index contributed by atoms with van der Waals surface area (Å²) in [4.78, 5) is 2.59. The van der Waals surface area contributed by atoms with Crippen molar-refractivity contribution in [1.82, 2.24) is 10.2 Å². The third kappa shape index (κ3) is 5.01. The van der Waals surface area contributed by atoms with Gasteiger partial charge in [-0.1, -0.05) is 35.2 Å². The quantitative estimate of drug-likeness (QED) is 0.707. The monoisotopic (exact) mass is 438 g/mol. The standard InChI is InChI=1S/C18H27BrN2O.2ClH/c1-13-11-15(19)12-16(18(13)22)17(14-5-3-2-4-6-14)21-9-7-20-8-10-21;;/h11-12,14,17,20,22H,2-10H2,1H3;2*1H/t17-;;/m0../s1. The van der Waals surface area contributed by atoms with Crippen LogP contribution in [0.3, 0.4) is 0 Å². The molecule has 1 atom stereocenters. The van der Waals surface area contributed by atoms with Crippen molar-refractivity contribution < 1.29 is 5.11 Å². The average molecular weight is 440 g/mol. The fourth-order valence-corrected chi connectivity index (χ4v) is 4.74. The number of benzene rings is 1. The predicted molar refractivity (Wildman–Crippen MR) is 109 cm³/mol. The number of aromatic hydroxyl groups is 1. The molecule has 3 nitrogen and oxygen atoms in total. The molecule has 1 saturated carbocycles. The van der Waals surface area contributed by atoms with Gasteiger partial charge in [-0.3, -0.25) is 4.90 Å². The van der Waals surface area contributed by atoms with E-state index in [-0.39, 0.29) is 24.8 Å². The molecule has 6 heteroatoms. The van der Waals surface area contributed by atoms with E-state index in [0.717, 1.165) is 41.8 Å². The highest BCUT2D eigenvalue weighted by Crippen LogP contribution is 2.43. The van der Waals surface area contributed by atoms with Gasteiger partial charge in [0.15, 0.2) is 0 Å². The number of nitrogens with zero attached hydrogens (tertiary/aromatic N) is 1. The Morgan fingerprint density at radius 3 is 2.38 bits per heavy atom. The first kappa shape index (κ1) is 22.0. The van der Waals surface area contributed by atoms with E-state index in [4.69, 9.17) is 0 Å². The molecule has 0 unspecified atom stereocenters. The molecule has 1 aromatic carbocycles. The molecule has 0 spiro atoms. The molecule has 1 aliphatic carbocycles. The van der Waals surface area contributed by atoms with Gasteiger partial charge < -0.3 is 10.4 Å². The molecule has 1 aromatic rings. The van der Waals surface area contributed by atoms with Crippen molar-refractivity contribution in [1.29, 1.82) is 0 Å². The highest BCUT2D eigenvalue weighted by molar-refractivity contribution is 9.10. The van der Waals surface area contributed by atoms with Gasteiger partial charge in [-0.05, 0) is 43.4 Å². The van der Waals surface area contributed by atoms with E-state index in [1.54, 1.807) is 0 Å². The fraction of sp³-hybridized carbons (Fsp3) is 0.667. The molecule has 1 aliphatic heterocycles. The molecule has 0 radical (unpaired) electrons. The summed E-state index contributed by atoms with van der Waals surface area (Å²) in [6.07, 6.45) is 6.62. The molecule has 24 heavy (non-hydrogen) atoms. The Bertz CT molecular complexity index is 500. The van der Waals surface area contributed by atoms with Gasteiger partial charge in [-0.15, -0.1) is 24.8 Å². The SMILES string of the molecule is Cc1cc(Br)cc([C@H](C2CCCCC2)N2CCNCC2)c1O.Cl.Cl. The molecule has 2 N–H and O–H groups in total. The Morgan fingerprint density at radius 2 is 1.75 bits per heavy atom. The van der Waals surface area contributed by atoms with Crippen molar-refractivity contribution in [2.45, 2.75) is 45.1 Å². The van der Waals surface area contributed by atoms with E-state index in [2.05, 4.69) is 32.2 Å². The summed E-state index contributed by atoms with van der Waals surface area (Å²) >= 11 is 3.62. The van der Waals surface area contributed by atoms with Crippen LogP contribution in [0.2, 0.25) is 0 Å². The third-order valence-corrected chi connectivity index (χ3v) is 5.71. The van der Waals surface area contributed by atoms with Gasteiger partial charge in [-0.2, -0.15) is 0 Å². The third-order valence-electron chi connectivity index (χ3n) is 5.25. The van der Waals surface area contributed by atoms with Gasteiger partial charge in [0.05, 0.1) is 0 Å². The van der Waals surface area contributed by atoms with E-state index in [1.165, 1.54) is 32.1 Å². The van der Waals surface area contributed by atoms with E-state index < -0.39 is 0 Å². The van der Waals surface area contributed by atoms with E-state index in [9.17, 15) is 5.11 Å². The van der Waals surface area contributed by atoms with Gasteiger partial charge >= 0.3 is 0 Å². The normalized spacial score (nSPS) is 20.8. The highest BCUT2D eigenvalue weighted by Gasteiger charge is 2.33. The second-order valence-electron chi connectivity index (χ2n) is 6.79. The Morgan fingerprint density at radius 1 is 1.12 bits per heavy atom. The first-order valence-corrected chi connectivity index (χ1v) is 9.40. The number of phenols is 1. The van der Waals surface area contributed by atoms with E-state index >= 15 is 0 Å². The minimum absolute atomic E-state index is 0. The zero-order valence-electron chi connectivity index (χ0n) is 14.3. The van der Waals surface area contributed by atoms with Crippen molar-refractivity contribution in [3.05, 3.63) is 27.7 Å². The number of aryl methyl sites for hydroxylation is 1. The molecular formula is C18H29BrCl2N2O. The number of phenolic OH excluding ortho intramolecular Hbond substituents is 1. The zero-order valence-corrected chi connectivity index (χ0v) is 17.5. The van der Waals surface area contributed by atoms with Crippen LogP contribution < -0.4 is 5.32 Å². The number of hydrogen-bond acceptors (Lipinski definition) is 3. The lowest BCUT2D eigenvalue weighted by atomic mass is 9.79. The van der Waals surface area contributed by atoms with Crippen molar-refractivity contribution in [2.24, 2.45) is 5.92 Å². The van der Waals surface area contributed by atoms with Gasteiger partial charge in [0.2, 0.25) is 0 Å². The Kier molecular flexibility index (Phi) is 9.39. The summed E-state index contributed by atoms with van der Waals surface area (Å²) in [7, 11) is 0. The molecule has 0 aromatic heterocycles. The van der Waals surface area contributed by atoms with Gasteiger partial charge in [0.1, 0.15) is 5.75 Å². The first-order chi connectivity index (χ1) is 10.7. The fourth-order valence-electron chi connectivity index (χ4n) is 4.15. The summed E-state index contributed by atoms with van der Waals surface area (Å²) in [5.41, 5.74) is 2.10. The summed E-state index contributed by atoms with van der Waals surface area (Å²) in [6, 6.07) is 4.51. The van der Waals surface area contributed by atoms with Crippen molar-refractivity contribution in [3.8, 4) is 5.75 Å². The van der Waals surface area contributed by atoms with Crippen LogP contribution in [0.1, 0.15) is 49.3 Å². The van der Waals surface area contributed by atoms with Crippen LogP contribution in [-0.4, -0.2) is 36.2 Å². The molecule has 3 rings (SSSR count). The molecular weight excluding hydrogens is 411 g/mol. The van der Waals surface area contributed by atoms with E-state index in [1.807, 2.05) is 13.0 Å². The van der Waals surface area contributed by atoms with Crippen LogP contribution in [-0.2, 0) is 0 Å². The second kappa shape index (κ2) is 10.2. The predicted octanol–water partition coefficient (Wildman–Crippen LogP) is 4.83.